The minimum atomic E-state index is -2.86. The van der Waals surface area contributed by atoms with E-state index in [2.05, 4.69) is 12.2 Å². The monoisotopic (exact) mass is 289 g/mol. The van der Waals surface area contributed by atoms with E-state index in [1.807, 2.05) is 0 Å². The number of sulfone groups is 1. The van der Waals surface area contributed by atoms with Crippen molar-refractivity contribution < 1.29 is 13.2 Å². The fourth-order valence-electron chi connectivity index (χ4n) is 3.77. The molecule has 0 aromatic carbocycles. The summed E-state index contributed by atoms with van der Waals surface area (Å²) in [7, 11) is -2.86. The van der Waals surface area contributed by atoms with E-state index in [9.17, 15) is 8.42 Å². The summed E-state index contributed by atoms with van der Waals surface area (Å²) < 4.78 is 28.3. The van der Waals surface area contributed by atoms with Crippen LogP contribution in [0.25, 0.3) is 0 Å². The molecule has 2 rings (SSSR count). The molecule has 0 aromatic heterocycles. The van der Waals surface area contributed by atoms with Crippen molar-refractivity contribution in [3.05, 3.63) is 0 Å². The molecule has 1 spiro atoms. The molecule has 0 amide bonds. The molecule has 2 fully saturated rings. The topological polar surface area (TPSA) is 55.4 Å². The molecule has 2 aliphatic carbocycles. The molecule has 2 atom stereocenters. The largest absolute Gasteiger partial charge is 0.378 e. The minimum absolute atomic E-state index is 0.235. The van der Waals surface area contributed by atoms with Crippen molar-refractivity contribution in [3.63, 3.8) is 0 Å². The Morgan fingerprint density at radius 1 is 1.26 bits per heavy atom. The molecule has 1 N–H and O–H groups in total. The third-order valence-electron chi connectivity index (χ3n) is 4.80. The Morgan fingerprint density at radius 2 is 1.95 bits per heavy atom. The van der Waals surface area contributed by atoms with Crippen LogP contribution >= 0.6 is 0 Å². The third kappa shape index (κ3) is 3.50. The molecule has 0 bridgehead atoms. The Bertz CT molecular complexity index is 387. The van der Waals surface area contributed by atoms with Gasteiger partial charge in [0, 0.05) is 30.9 Å². The summed E-state index contributed by atoms with van der Waals surface area (Å²) in [5, 5.41) is 3.47. The molecule has 5 heteroatoms. The zero-order chi connectivity index (χ0) is 13.9. The lowest BCUT2D eigenvalue weighted by Gasteiger charge is -2.58. The lowest BCUT2D eigenvalue weighted by Crippen LogP contribution is -2.64. The van der Waals surface area contributed by atoms with Crippen LogP contribution in [0.2, 0.25) is 0 Å². The van der Waals surface area contributed by atoms with E-state index in [4.69, 9.17) is 4.74 Å². The summed E-state index contributed by atoms with van der Waals surface area (Å²) in [6.45, 7) is 3.41. The maximum atomic E-state index is 11.2. The molecule has 0 heterocycles. The summed E-state index contributed by atoms with van der Waals surface area (Å²) in [4.78, 5) is 0. The first-order chi connectivity index (χ1) is 8.98. The normalized spacial score (nSPS) is 30.2. The van der Waals surface area contributed by atoms with Gasteiger partial charge in [-0.1, -0.05) is 19.3 Å². The van der Waals surface area contributed by atoms with Crippen molar-refractivity contribution in [1.29, 1.82) is 0 Å². The zero-order valence-corrected chi connectivity index (χ0v) is 13.0. The van der Waals surface area contributed by atoms with E-state index < -0.39 is 9.84 Å². The van der Waals surface area contributed by atoms with Crippen LogP contribution in [0.15, 0.2) is 0 Å². The van der Waals surface area contributed by atoms with Crippen LogP contribution < -0.4 is 5.32 Å². The van der Waals surface area contributed by atoms with Gasteiger partial charge in [0.2, 0.25) is 0 Å². The second-order valence-corrected chi connectivity index (χ2v) is 8.37. The molecule has 2 aliphatic rings. The predicted molar refractivity (Wildman–Crippen MR) is 77.1 cm³/mol. The van der Waals surface area contributed by atoms with Crippen molar-refractivity contribution in [2.45, 2.75) is 57.6 Å². The summed E-state index contributed by atoms with van der Waals surface area (Å²) in [6.07, 6.45) is 9.08. The maximum absolute atomic E-state index is 11.2. The highest BCUT2D eigenvalue weighted by atomic mass is 32.2. The zero-order valence-electron chi connectivity index (χ0n) is 12.2. The molecule has 4 nitrogen and oxygen atoms in total. The average Bonchev–Trinajstić information content (AvgIpc) is 2.36. The highest BCUT2D eigenvalue weighted by Gasteiger charge is 2.55. The van der Waals surface area contributed by atoms with Crippen molar-refractivity contribution in [3.8, 4) is 0 Å². The van der Waals surface area contributed by atoms with Gasteiger partial charge in [-0.3, -0.25) is 0 Å². The lowest BCUT2D eigenvalue weighted by molar-refractivity contribution is -0.149. The lowest BCUT2D eigenvalue weighted by atomic mass is 9.55. The average molecular weight is 289 g/mol. The van der Waals surface area contributed by atoms with Gasteiger partial charge >= 0.3 is 0 Å². The number of hydrogen-bond donors (Lipinski definition) is 1. The van der Waals surface area contributed by atoms with E-state index in [-0.39, 0.29) is 11.2 Å². The van der Waals surface area contributed by atoms with Crippen LogP contribution in [0.5, 0.6) is 0 Å². The van der Waals surface area contributed by atoms with Crippen LogP contribution in [0, 0.1) is 5.41 Å². The maximum Gasteiger partial charge on any atom is 0.148 e. The highest BCUT2D eigenvalue weighted by molar-refractivity contribution is 7.90. The fraction of sp³-hybridized carbons (Fsp3) is 1.00. The van der Waals surface area contributed by atoms with Crippen LogP contribution in [0.3, 0.4) is 0 Å². The summed E-state index contributed by atoms with van der Waals surface area (Å²) in [5.41, 5.74) is 0.283. The van der Waals surface area contributed by atoms with Crippen molar-refractivity contribution in [1.82, 2.24) is 5.32 Å². The van der Waals surface area contributed by atoms with Gasteiger partial charge in [0.05, 0.1) is 11.9 Å². The Hall–Kier alpha value is -0.130. The minimum Gasteiger partial charge on any atom is -0.378 e. The Labute approximate surface area is 117 Å². The standard InChI is InChI=1S/C14H27NO3S/c1-3-18-13-11-12(15-9-10-19(2,16)17)14(13)7-5-4-6-8-14/h12-13,15H,3-11H2,1-2H3. The number of hydrogen-bond acceptors (Lipinski definition) is 4. The molecular formula is C14H27NO3S. The highest BCUT2D eigenvalue weighted by Crippen LogP contribution is 2.53. The molecule has 19 heavy (non-hydrogen) atoms. The fourth-order valence-corrected chi connectivity index (χ4v) is 4.26. The van der Waals surface area contributed by atoms with Gasteiger partial charge in [-0.05, 0) is 26.2 Å². The summed E-state index contributed by atoms with van der Waals surface area (Å²) >= 11 is 0. The van der Waals surface area contributed by atoms with E-state index >= 15 is 0 Å². The van der Waals surface area contributed by atoms with Gasteiger partial charge in [-0.2, -0.15) is 0 Å². The third-order valence-corrected chi connectivity index (χ3v) is 5.75. The molecule has 0 aromatic rings. The first kappa shape index (κ1) is 15.3. The second kappa shape index (κ2) is 6.10. The number of rotatable bonds is 6. The Morgan fingerprint density at radius 3 is 2.53 bits per heavy atom. The number of nitrogens with one attached hydrogen (secondary N) is 1. The van der Waals surface area contributed by atoms with E-state index in [1.54, 1.807) is 0 Å². The van der Waals surface area contributed by atoms with Crippen molar-refractivity contribution >= 4 is 9.84 Å². The Balaban J connectivity index is 1.90. The van der Waals surface area contributed by atoms with E-state index in [0.717, 1.165) is 13.0 Å². The summed E-state index contributed by atoms with van der Waals surface area (Å²) in [6, 6.07) is 0.450. The predicted octanol–water partition coefficient (Wildman–Crippen LogP) is 1.75. The van der Waals surface area contributed by atoms with Crippen molar-refractivity contribution in [2.24, 2.45) is 5.41 Å². The molecule has 2 saturated carbocycles. The van der Waals surface area contributed by atoms with Gasteiger partial charge in [0.25, 0.3) is 0 Å². The summed E-state index contributed by atoms with van der Waals surface area (Å²) in [5.74, 6) is 0.235. The number of ether oxygens (including phenoxy) is 1. The van der Waals surface area contributed by atoms with Crippen molar-refractivity contribution in [2.75, 3.05) is 25.2 Å². The van der Waals surface area contributed by atoms with Crippen LogP contribution in [-0.4, -0.2) is 45.7 Å². The van der Waals surface area contributed by atoms with Crippen LogP contribution in [0.4, 0.5) is 0 Å². The van der Waals surface area contributed by atoms with Gasteiger partial charge in [-0.25, -0.2) is 8.42 Å². The SMILES string of the molecule is CCOC1CC(NCCS(C)(=O)=O)C12CCCCC2. The molecule has 0 aliphatic heterocycles. The molecular weight excluding hydrogens is 262 g/mol. The van der Waals surface area contributed by atoms with Crippen LogP contribution in [-0.2, 0) is 14.6 Å². The van der Waals surface area contributed by atoms with Crippen LogP contribution in [0.1, 0.15) is 45.4 Å². The van der Waals surface area contributed by atoms with Gasteiger partial charge in [-0.15, -0.1) is 0 Å². The first-order valence-electron chi connectivity index (χ1n) is 7.50. The molecule has 0 radical (unpaired) electrons. The molecule has 2 unspecified atom stereocenters. The molecule has 0 saturated heterocycles. The van der Waals surface area contributed by atoms with E-state index in [1.165, 1.54) is 38.4 Å². The second-order valence-electron chi connectivity index (χ2n) is 6.11. The molecule has 112 valence electrons. The van der Waals surface area contributed by atoms with Gasteiger partial charge in [0.1, 0.15) is 9.84 Å². The first-order valence-corrected chi connectivity index (χ1v) is 9.57. The quantitative estimate of drug-likeness (QED) is 0.809. The van der Waals surface area contributed by atoms with E-state index in [0.29, 0.717) is 18.7 Å². The smallest absolute Gasteiger partial charge is 0.148 e. The van der Waals surface area contributed by atoms with Gasteiger partial charge in [0.15, 0.2) is 0 Å². The Kier molecular flexibility index (Phi) is 4.90. The van der Waals surface area contributed by atoms with Gasteiger partial charge < -0.3 is 10.1 Å².